The van der Waals surface area contributed by atoms with Gasteiger partial charge in [-0.2, -0.15) is 0 Å². The molecule has 1 aromatic carbocycles. The first-order valence-corrected chi connectivity index (χ1v) is 7.47. The third kappa shape index (κ3) is 6.48. The topological polar surface area (TPSA) is 39.2 Å². The van der Waals surface area contributed by atoms with Gasteiger partial charge in [-0.25, -0.2) is 9.18 Å². The summed E-state index contributed by atoms with van der Waals surface area (Å²) in [4.78, 5) is 15.4. The number of hydrogen-bond donors (Lipinski definition) is 0. The van der Waals surface area contributed by atoms with Gasteiger partial charge in [-0.3, -0.25) is 4.98 Å². The second-order valence-electron chi connectivity index (χ2n) is 3.84. The number of carbonyl (C=O) groups excluding carboxylic acids is 1. The van der Waals surface area contributed by atoms with Gasteiger partial charge in [0.2, 0.25) is 0 Å². The number of carbonyl (C=O) groups is 1. The van der Waals surface area contributed by atoms with Gasteiger partial charge in [0.15, 0.2) is 0 Å². The molecule has 0 radical (unpaired) electrons. The van der Waals surface area contributed by atoms with Gasteiger partial charge in [0.1, 0.15) is 5.82 Å². The SMILES string of the molecule is CC.CC.COC(=O)c1ccc(Cc2cccc(F)c2)nc1. The molecule has 22 heavy (non-hydrogen) atoms. The molecule has 120 valence electrons. The summed E-state index contributed by atoms with van der Waals surface area (Å²) in [6, 6.07) is 9.74. The van der Waals surface area contributed by atoms with Crippen LogP contribution in [0.25, 0.3) is 0 Å². The first kappa shape index (κ1) is 19.8. The summed E-state index contributed by atoms with van der Waals surface area (Å²) in [7, 11) is 1.32. The molecule has 0 saturated heterocycles. The van der Waals surface area contributed by atoms with E-state index in [4.69, 9.17) is 0 Å². The smallest absolute Gasteiger partial charge is 0.339 e. The number of benzene rings is 1. The molecule has 2 aromatic rings. The Labute approximate surface area is 132 Å². The molecular weight excluding hydrogens is 281 g/mol. The van der Waals surface area contributed by atoms with E-state index in [-0.39, 0.29) is 5.82 Å². The number of nitrogens with zero attached hydrogens (tertiary/aromatic N) is 1. The average molecular weight is 305 g/mol. The van der Waals surface area contributed by atoms with Crippen molar-refractivity contribution in [1.29, 1.82) is 0 Å². The van der Waals surface area contributed by atoms with E-state index in [1.54, 1.807) is 18.2 Å². The molecular formula is C18H24FNO2. The molecule has 0 saturated carbocycles. The Morgan fingerprint density at radius 2 is 1.82 bits per heavy atom. The van der Waals surface area contributed by atoms with E-state index < -0.39 is 5.97 Å². The van der Waals surface area contributed by atoms with E-state index in [0.717, 1.165) is 11.3 Å². The minimum Gasteiger partial charge on any atom is -0.465 e. The number of ether oxygens (including phenoxy) is 1. The zero-order valence-corrected chi connectivity index (χ0v) is 13.9. The maximum atomic E-state index is 13.0. The van der Waals surface area contributed by atoms with Gasteiger partial charge in [-0.15, -0.1) is 0 Å². The molecule has 1 heterocycles. The fraction of sp³-hybridized carbons (Fsp3) is 0.333. The lowest BCUT2D eigenvalue weighted by atomic mass is 10.1. The third-order valence-electron chi connectivity index (χ3n) is 2.52. The van der Waals surface area contributed by atoms with Crippen LogP contribution in [0.2, 0.25) is 0 Å². The zero-order valence-electron chi connectivity index (χ0n) is 13.9. The monoisotopic (exact) mass is 305 g/mol. The van der Waals surface area contributed by atoms with Crippen molar-refractivity contribution in [3.63, 3.8) is 0 Å². The van der Waals surface area contributed by atoms with Crippen LogP contribution in [0.15, 0.2) is 42.6 Å². The predicted molar refractivity (Wildman–Crippen MR) is 87.5 cm³/mol. The average Bonchev–Trinajstić information content (AvgIpc) is 2.58. The molecule has 4 heteroatoms. The third-order valence-corrected chi connectivity index (χ3v) is 2.52. The van der Waals surface area contributed by atoms with Crippen molar-refractivity contribution < 1.29 is 13.9 Å². The van der Waals surface area contributed by atoms with Crippen molar-refractivity contribution >= 4 is 5.97 Å². The normalized spacial score (nSPS) is 8.82. The van der Waals surface area contributed by atoms with E-state index in [2.05, 4.69) is 9.72 Å². The van der Waals surface area contributed by atoms with E-state index in [1.807, 2.05) is 33.8 Å². The number of hydrogen-bond acceptors (Lipinski definition) is 3. The molecule has 2 rings (SSSR count). The van der Waals surface area contributed by atoms with Crippen molar-refractivity contribution in [2.24, 2.45) is 0 Å². The minimum absolute atomic E-state index is 0.265. The highest BCUT2D eigenvalue weighted by Gasteiger charge is 2.06. The quantitative estimate of drug-likeness (QED) is 0.775. The lowest BCUT2D eigenvalue weighted by Gasteiger charge is -2.03. The van der Waals surface area contributed by atoms with Crippen LogP contribution in [-0.2, 0) is 11.2 Å². The number of pyridine rings is 1. The van der Waals surface area contributed by atoms with Crippen LogP contribution in [-0.4, -0.2) is 18.1 Å². The lowest BCUT2D eigenvalue weighted by Crippen LogP contribution is -2.02. The minimum atomic E-state index is -0.417. The summed E-state index contributed by atoms with van der Waals surface area (Å²) < 4.78 is 17.6. The van der Waals surface area contributed by atoms with Gasteiger partial charge >= 0.3 is 5.97 Å². The van der Waals surface area contributed by atoms with Crippen LogP contribution in [0.5, 0.6) is 0 Å². The lowest BCUT2D eigenvalue weighted by molar-refractivity contribution is 0.0600. The van der Waals surface area contributed by atoms with Gasteiger partial charge in [-0.05, 0) is 29.8 Å². The van der Waals surface area contributed by atoms with Crippen LogP contribution in [0.4, 0.5) is 4.39 Å². The largest absolute Gasteiger partial charge is 0.465 e. The first-order chi connectivity index (χ1) is 10.7. The Morgan fingerprint density at radius 3 is 2.32 bits per heavy atom. The highest BCUT2D eigenvalue weighted by atomic mass is 19.1. The fourth-order valence-corrected chi connectivity index (χ4v) is 1.62. The van der Waals surface area contributed by atoms with E-state index in [9.17, 15) is 9.18 Å². The molecule has 0 fully saturated rings. The molecule has 0 aliphatic rings. The summed E-state index contributed by atoms with van der Waals surface area (Å²) >= 11 is 0. The second-order valence-corrected chi connectivity index (χ2v) is 3.84. The molecule has 0 amide bonds. The van der Waals surface area contributed by atoms with Crippen molar-refractivity contribution in [3.8, 4) is 0 Å². The van der Waals surface area contributed by atoms with Gasteiger partial charge < -0.3 is 4.74 Å². The van der Waals surface area contributed by atoms with E-state index >= 15 is 0 Å². The number of aromatic nitrogens is 1. The van der Waals surface area contributed by atoms with Crippen LogP contribution < -0.4 is 0 Å². The molecule has 0 spiro atoms. The summed E-state index contributed by atoms with van der Waals surface area (Å²) in [5, 5.41) is 0. The number of esters is 1. The fourth-order valence-electron chi connectivity index (χ4n) is 1.62. The van der Waals surface area contributed by atoms with Gasteiger partial charge in [0.05, 0.1) is 12.7 Å². The second kappa shape index (κ2) is 11.4. The predicted octanol–water partition coefficient (Wildman–Crippen LogP) is 4.65. The molecule has 0 aliphatic heterocycles. The molecule has 0 unspecified atom stereocenters. The maximum absolute atomic E-state index is 13.0. The van der Waals surface area contributed by atoms with Gasteiger partial charge in [0.25, 0.3) is 0 Å². The standard InChI is InChI=1S/C14H12FNO2.2C2H6/c1-18-14(17)11-5-6-13(16-9-11)8-10-3-2-4-12(15)7-10;2*1-2/h2-7,9H,8H2,1H3;2*1-2H3. The summed E-state index contributed by atoms with van der Waals surface area (Å²) in [6.45, 7) is 8.00. The van der Waals surface area contributed by atoms with E-state index in [1.165, 1.54) is 25.4 Å². The molecule has 0 N–H and O–H groups in total. The Balaban J connectivity index is 0.00000102. The maximum Gasteiger partial charge on any atom is 0.339 e. The summed E-state index contributed by atoms with van der Waals surface area (Å²) in [5.74, 6) is -0.682. The molecule has 0 aliphatic carbocycles. The van der Waals surface area contributed by atoms with Crippen molar-refractivity contribution in [3.05, 3.63) is 65.2 Å². The molecule has 0 bridgehead atoms. The summed E-state index contributed by atoms with van der Waals surface area (Å²) in [5.41, 5.74) is 2.02. The van der Waals surface area contributed by atoms with Crippen LogP contribution in [0.3, 0.4) is 0 Å². The van der Waals surface area contributed by atoms with Crippen molar-refractivity contribution in [1.82, 2.24) is 4.98 Å². The Kier molecular flexibility index (Phi) is 10.3. The van der Waals surface area contributed by atoms with Gasteiger partial charge in [0, 0.05) is 18.3 Å². The highest BCUT2D eigenvalue weighted by molar-refractivity contribution is 5.88. The number of halogens is 1. The zero-order chi connectivity index (χ0) is 17.0. The van der Waals surface area contributed by atoms with Crippen LogP contribution >= 0.6 is 0 Å². The molecule has 3 nitrogen and oxygen atoms in total. The van der Waals surface area contributed by atoms with Crippen LogP contribution in [0.1, 0.15) is 49.3 Å². The van der Waals surface area contributed by atoms with Crippen LogP contribution in [0, 0.1) is 5.82 Å². The van der Waals surface area contributed by atoms with E-state index in [0.29, 0.717) is 12.0 Å². The number of rotatable bonds is 3. The van der Waals surface area contributed by atoms with Crippen molar-refractivity contribution in [2.45, 2.75) is 34.1 Å². The Morgan fingerprint density at radius 1 is 1.14 bits per heavy atom. The van der Waals surface area contributed by atoms with Gasteiger partial charge in [-0.1, -0.05) is 39.8 Å². The first-order valence-electron chi connectivity index (χ1n) is 7.47. The molecule has 1 aromatic heterocycles. The Hall–Kier alpha value is -2.23. The van der Waals surface area contributed by atoms with Crippen molar-refractivity contribution in [2.75, 3.05) is 7.11 Å². The number of methoxy groups -OCH3 is 1. The molecule has 0 atom stereocenters. The highest BCUT2D eigenvalue weighted by Crippen LogP contribution is 2.10. The Bertz CT molecular complexity index is 553. The summed E-state index contributed by atoms with van der Waals surface area (Å²) in [6.07, 6.45) is 1.99.